The molecule has 1 fully saturated rings. The molecule has 3 rings (SSSR count). The minimum absolute atomic E-state index is 0.258. The summed E-state index contributed by atoms with van der Waals surface area (Å²) in [5.41, 5.74) is 6.43. The first-order valence-electron chi connectivity index (χ1n) is 11.0. The van der Waals surface area contributed by atoms with Crippen LogP contribution >= 0.6 is 0 Å². The van der Waals surface area contributed by atoms with Crippen LogP contribution in [0.5, 0.6) is 5.75 Å². The summed E-state index contributed by atoms with van der Waals surface area (Å²) in [4.78, 5) is 42.6. The molecule has 1 aromatic carbocycles. The summed E-state index contributed by atoms with van der Waals surface area (Å²) in [5, 5.41) is 19.2. The number of hydrogen-bond acceptors (Lipinski definition) is 7. The number of aliphatic carboxylic acids is 2. The van der Waals surface area contributed by atoms with Crippen molar-refractivity contribution in [3.8, 4) is 5.75 Å². The van der Waals surface area contributed by atoms with Crippen molar-refractivity contribution >= 4 is 23.5 Å². The second kappa shape index (κ2) is 10.8. The van der Waals surface area contributed by atoms with Crippen LogP contribution in [0.15, 0.2) is 24.3 Å². The Morgan fingerprint density at radius 3 is 2.50 bits per heavy atom. The van der Waals surface area contributed by atoms with Gasteiger partial charge in [0.05, 0.1) is 11.6 Å². The number of anilines is 1. The van der Waals surface area contributed by atoms with Gasteiger partial charge in [0.15, 0.2) is 6.23 Å². The number of unbranched alkanes of at least 4 members (excludes halogenated alkanes) is 1. The van der Waals surface area contributed by atoms with Gasteiger partial charge < -0.3 is 24.7 Å². The van der Waals surface area contributed by atoms with Gasteiger partial charge in [-0.25, -0.2) is 0 Å². The number of carbonyl (C=O) groups excluding carboxylic acids is 1. The lowest BCUT2D eigenvalue weighted by Crippen LogP contribution is -2.51. The number of carboxylic acids is 2. The second-order valence-electron chi connectivity index (χ2n) is 8.48. The highest BCUT2D eigenvalue weighted by Crippen LogP contribution is 2.36. The number of ether oxygens (including phenoxy) is 1. The highest BCUT2D eigenvalue weighted by molar-refractivity contribution is 6.02. The average Bonchev–Trinajstić information content (AvgIpc) is 2.84. The molecule has 4 N–H and O–H groups in total. The van der Waals surface area contributed by atoms with E-state index in [2.05, 4.69) is 16.8 Å². The van der Waals surface area contributed by atoms with Gasteiger partial charge >= 0.3 is 11.9 Å². The van der Waals surface area contributed by atoms with Gasteiger partial charge in [0.25, 0.3) is 0 Å². The zero-order chi connectivity index (χ0) is 23.3. The quantitative estimate of drug-likeness (QED) is 0.462. The number of carbonyl (C=O) groups is 3. The van der Waals surface area contributed by atoms with E-state index in [9.17, 15) is 24.6 Å². The Labute approximate surface area is 187 Å². The fourth-order valence-corrected chi connectivity index (χ4v) is 4.37. The van der Waals surface area contributed by atoms with Gasteiger partial charge in [-0.2, -0.15) is 0 Å². The van der Waals surface area contributed by atoms with Gasteiger partial charge in [-0.3, -0.25) is 25.0 Å². The van der Waals surface area contributed by atoms with Crippen LogP contribution in [0.3, 0.4) is 0 Å². The summed E-state index contributed by atoms with van der Waals surface area (Å²) in [6.45, 7) is 4.28. The second-order valence-corrected chi connectivity index (χ2v) is 8.48. The van der Waals surface area contributed by atoms with Crippen molar-refractivity contribution in [3.05, 3.63) is 24.3 Å². The zero-order valence-electron chi connectivity index (χ0n) is 18.4. The predicted octanol–water partition coefficient (Wildman–Crippen LogP) is 0.516. The van der Waals surface area contributed by atoms with Crippen LogP contribution in [0, 0.1) is 11.8 Å². The summed E-state index contributed by atoms with van der Waals surface area (Å²) in [7, 11) is 2.09. The summed E-state index contributed by atoms with van der Waals surface area (Å²) in [6.07, 6.45) is 0.490. The summed E-state index contributed by atoms with van der Waals surface area (Å²) < 4.78 is 5.74. The molecule has 2 heterocycles. The largest absolute Gasteiger partial charge is 0.481 e. The van der Waals surface area contributed by atoms with E-state index < -0.39 is 42.5 Å². The molecule has 0 aromatic heterocycles. The number of fused-ring (bicyclic) bond motifs is 1. The lowest BCUT2D eigenvalue weighted by Gasteiger charge is -2.32. The molecule has 0 saturated carbocycles. The number of nitrogens with zero attached hydrogens (tertiary/aromatic N) is 3. The highest BCUT2D eigenvalue weighted by Gasteiger charge is 2.44. The minimum atomic E-state index is -1.21. The fraction of sp³-hybridized carbons (Fsp3) is 0.591. The van der Waals surface area contributed by atoms with Crippen LogP contribution < -0.4 is 15.4 Å². The highest BCUT2D eigenvalue weighted by atomic mass is 16.5. The molecule has 0 spiro atoms. The number of nitrogens with two attached hydrogens (primary N) is 1. The number of hydrogen-bond donors (Lipinski definition) is 3. The van der Waals surface area contributed by atoms with E-state index in [4.69, 9.17) is 10.5 Å². The maximum absolute atomic E-state index is 13.3. The number of benzene rings is 1. The molecular formula is C22H32N4O6. The third-order valence-corrected chi connectivity index (χ3v) is 6.20. The molecule has 10 nitrogen and oxygen atoms in total. The smallest absolute Gasteiger partial charge is 0.323 e. The number of para-hydroxylation sites is 2. The van der Waals surface area contributed by atoms with E-state index in [-0.39, 0.29) is 17.9 Å². The topological polar surface area (TPSA) is 137 Å². The van der Waals surface area contributed by atoms with E-state index in [1.54, 1.807) is 24.3 Å². The SMILES string of the molecule is CN1CCN(CCCCC(C(=O)O)[C@@H]2C(=O)N(CC(=O)O)c3ccccc3OC2N)CC1. The molecule has 32 heavy (non-hydrogen) atoms. The molecule has 1 amide bonds. The number of likely N-dealkylation sites (N-methyl/N-ethyl adjacent to an activating group) is 1. The van der Waals surface area contributed by atoms with E-state index in [1.807, 2.05) is 0 Å². The normalized spacial score (nSPS) is 23.2. The van der Waals surface area contributed by atoms with Crippen molar-refractivity contribution in [2.24, 2.45) is 17.6 Å². The lowest BCUT2D eigenvalue weighted by molar-refractivity contribution is -0.149. The molecule has 2 unspecified atom stereocenters. The maximum Gasteiger partial charge on any atom is 0.323 e. The first kappa shape index (κ1) is 24.0. The van der Waals surface area contributed by atoms with Crippen molar-refractivity contribution < 1.29 is 29.3 Å². The van der Waals surface area contributed by atoms with Crippen molar-refractivity contribution in [1.82, 2.24) is 9.80 Å². The van der Waals surface area contributed by atoms with Gasteiger partial charge in [-0.1, -0.05) is 18.6 Å². The Hall–Kier alpha value is -2.69. The minimum Gasteiger partial charge on any atom is -0.481 e. The third-order valence-electron chi connectivity index (χ3n) is 6.20. The first-order chi connectivity index (χ1) is 15.3. The number of amides is 1. The summed E-state index contributed by atoms with van der Waals surface area (Å²) >= 11 is 0. The predicted molar refractivity (Wildman–Crippen MR) is 117 cm³/mol. The van der Waals surface area contributed by atoms with Crippen LogP contribution in [-0.2, 0) is 14.4 Å². The van der Waals surface area contributed by atoms with Gasteiger partial charge in [-0.05, 0) is 38.6 Å². The van der Waals surface area contributed by atoms with Gasteiger partial charge in [0.1, 0.15) is 18.2 Å². The van der Waals surface area contributed by atoms with Crippen LogP contribution in [0.25, 0.3) is 0 Å². The van der Waals surface area contributed by atoms with E-state index in [0.717, 1.165) is 44.0 Å². The standard InChI is InChI=1S/C22H32N4O6/c1-24-10-12-25(13-11-24)9-5-4-6-15(22(30)31)19-20(23)32-17-8-3-2-7-16(17)26(21(19)29)14-18(27)28/h2-3,7-8,15,19-20H,4-6,9-14,23H2,1H3,(H,27,28)(H,30,31)/t15?,19-,20?/m0/s1. The molecule has 0 radical (unpaired) electrons. The van der Waals surface area contributed by atoms with Gasteiger partial charge in [0.2, 0.25) is 5.91 Å². The summed E-state index contributed by atoms with van der Waals surface area (Å²) in [6, 6.07) is 6.49. The molecule has 3 atom stereocenters. The Kier molecular flexibility index (Phi) is 8.05. The molecule has 10 heteroatoms. The van der Waals surface area contributed by atoms with Crippen molar-refractivity contribution in [2.45, 2.75) is 25.5 Å². The molecule has 1 saturated heterocycles. The Morgan fingerprint density at radius 1 is 1.16 bits per heavy atom. The fourth-order valence-electron chi connectivity index (χ4n) is 4.37. The molecule has 176 valence electrons. The van der Waals surface area contributed by atoms with Crippen molar-refractivity contribution in [1.29, 1.82) is 0 Å². The Bertz CT molecular complexity index is 826. The summed E-state index contributed by atoms with van der Waals surface area (Å²) in [5.74, 6) is -4.99. The van der Waals surface area contributed by atoms with Gasteiger partial charge in [-0.15, -0.1) is 0 Å². The molecule has 2 aliphatic heterocycles. The molecule has 0 aliphatic carbocycles. The third kappa shape index (κ3) is 5.76. The average molecular weight is 449 g/mol. The van der Waals surface area contributed by atoms with E-state index in [0.29, 0.717) is 6.42 Å². The molecule has 0 bridgehead atoms. The zero-order valence-corrected chi connectivity index (χ0v) is 18.4. The van der Waals surface area contributed by atoms with Gasteiger partial charge in [0, 0.05) is 26.2 Å². The molecule has 2 aliphatic rings. The molecular weight excluding hydrogens is 416 g/mol. The van der Waals surface area contributed by atoms with Crippen LogP contribution in [0.1, 0.15) is 19.3 Å². The van der Waals surface area contributed by atoms with Crippen molar-refractivity contribution in [3.63, 3.8) is 0 Å². The Morgan fingerprint density at radius 2 is 1.84 bits per heavy atom. The Balaban J connectivity index is 1.71. The number of rotatable bonds is 9. The number of piperazine rings is 1. The lowest BCUT2D eigenvalue weighted by atomic mass is 9.85. The monoisotopic (exact) mass is 448 g/mol. The molecule has 1 aromatic rings. The maximum atomic E-state index is 13.3. The van der Waals surface area contributed by atoms with Crippen LogP contribution in [0.4, 0.5) is 5.69 Å². The number of carboxylic acid groups (broad SMARTS) is 2. The first-order valence-corrected chi connectivity index (χ1v) is 11.0. The van der Waals surface area contributed by atoms with Crippen LogP contribution in [-0.4, -0.2) is 90.4 Å². The van der Waals surface area contributed by atoms with Crippen molar-refractivity contribution in [2.75, 3.05) is 51.2 Å². The van der Waals surface area contributed by atoms with Crippen LogP contribution in [0.2, 0.25) is 0 Å². The van der Waals surface area contributed by atoms with E-state index in [1.165, 1.54) is 0 Å². The van der Waals surface area contributed by atoms with E-state index >= 15 is 0 Å².